The Morgan fingerprint density at radius 2 is 1.62 bits per heavy atom. The van der Waals surface area contributed by atoms with Crippen molar-refractivity contribution in [2.75, 3.05) is 60.0 Å². The van der Waals surface area contributed by atoms with Crippen LogP contribution in [0.3, 0.4) is 0 Å². The topological polar surface area (TPSA) is 215 Å². The number of unbranched alkanes of at least 4 members (excludes halogenated alkanes) is 1. The maximum Gasteiger partial charge on any atom is 0.323 e. The van der Waals surface area contributed by atoms with E-state index in [-0.39, 0.29) is 35.5 Å². The van der Waals surface area contributed by atoms with Crippen molar-refractivity contribution in [1.29, 1.82) is 0 Å². The fourth-order valence-corrected chi connectivity index (χ4v) is 7.46. The largest absolute Gasteiger partial charge is 0.506 e. The van der Waals surface area contributed by atoms with Gasteiger partial charge in [-0.25, -0.2) is 16.8 Å². The summed E-state index contributed by atoms with van der Waals surface area (Å²) in [6.07, 6.45) is 2.68. The maximum absolute atomic E-state index is 13.0. The molecule has 0 aromatic heterocycles. The number of hydrogen-bond donors (Lipinski definition) is 6. The third kappa shape index (κ3) is 12.6. The number of sulfonamides is 2. The molecule has 1 heterocycles. The van der Waals surface area contributed by atoms with Gasteiger partial charge in [-0.05, 0) is 85.8 Å². The van der Waals surface area contributed by atoms with Crippen molar-refractivity contribution in [2.45, 2.75) is 62.7 Å². The van der Waals surface area contributed by atoms with Gasteiger partial charge in [0.05, 0.1) is 22.9 Å². The van der Waals surface area contributed by atoms with Gasteiger partial charge in [-0.1, -0.05) is 31.5 Å². The molecule has 0 radical (unpaired) electrons. The Morgan fingerprint density at radius 1 is 0.981 bits per heavy atom. The van der Waals surface area contributed by atoms with Crippen LogP contribution in [0.1, 0.15) is 62.9 Å². The van der Waals surface area contributed by atoms with Crippen LogP contribution in [0.4, 0.5) is 17.1 Å². The number of esters is 1. The van der Waals surface area contributed by atoms with Crippen LogP contribution in [0, 0.1) is 0 Å². The lowest BCUT2D eigenvalue weighted by Gasteiger charge is -2.34. The molecule has 0 saturated carbocycles. The lowest BCUT2D eigenvalue weighted by Crippen LogP contribution is -2.43. The Bertz CT molecular complexity index is 1900. The van der Waals surface area contributed by atoms with Crippen molar-refractivity contribution in [3.63, 3.8) is 0 Å². The van der Waals surface area contributed by atoms with Crippen molar-refractivity contribution in [1.82, 2.24) is 10.0 Å². The number of benzene rings is 3. The minimum Gasteiger partial charge on any atom is -0.506 e. The van der Waals surface area contributed by atoms with E-state index in [1.807, 2.05) is 6.92 Å². The third-order valence-corrected chi connectivity index (χ3v) is 10.9. The van der Waals surface area contributed by atoms with E-state index in [1.165, 1.54) is 30.3 Å². The zero-order valence-corrected chi connectivity index (χ0v) is 31.7. The number of piperidine rings is 1. The van der Waals surface area contributed by atoms with Gasteiger partial charge in [0.1, 0.15) is 24.9 Å². The number of hydrogen-bond acceptors (Lipinski definition) is 12. The standard InChI is InChI=1S/C36H49N5O10S2/c1-4-5-18-41(24-35(44)45)30-9-6-26(7-10-30)25(2)51-36(46)23-38-53(49,50)31-13-11-29(12-14-31)40-19-16-28(17-20-40)37-22-34(43)27-8-15-33(42)32(21-27)39-52(3,47)48/h6-15,21,25,28,34,37-39,42-43H,4-5,16-20,22-24H2,1-3H3,(H,44,45)/t25?,34-/m0/s1. The number of ether oxygens (including phenoxy) is 1. The molecule has 0 aliphatic carbocycles. The highest BCUT2D eigenvalue weighted by molar-refractivity contribution is 7.92. The summed E-state index contributed by atoms with van der Waals surface area (Å²) in [4.78, 5) is 27.7. The molecule has 0 spiro atoms. The fourth-order valence-electron chi connectivity index (χ4n) is 5.93. The first-order valence-electron chi connectivity index (χ1n) is 17.4. The summed E-state index contributed by atoms with van der Waals surface area (Å²) in [5, 5.41) is 33.2. The maximum atomic E-state index is 13.0. The van der Waals surface area contributed by atoms with Gasteiger partial charge in [0.25, 0.3) is 0 Å². The number of carbonyl (C=O) groups excluding carboxylic acids is 1. The predicted molar refractivity (Wildman–Crippen MR) is 202 cm³/mol. The molecule has 3 aromatic rings. The number of carbonyl (C=O) groups is 2. The number of carboxylic acids is 1. The predicted octanol–water partition coefficient (Wildman–Crippen LogP) is 3.33. The Balaban J connectivity index is 1.22. The van der Waals surface area contributed by atoms with Crippen molar-refractivity contribution in [3.05, 3.63) is 77.9 Å². The smallest absolute Gasteiger partial charge is 0.323 e. The summed E-state index contributed by atoms with van der Waals surface area (Å²) >= 11 is 0. The Hall–Kier alpha value is -4.42. The highest BCUT2D eigenvalue weighted by Crippen LogP contribution is 2.28. The molecule has 2 atom stereocenters. The SMILES string of the molecule is CCCCN(CC(=O)O)c1ccc(C(C)OC(=O)CNS(=O)(=O)c2ccc(N3CCC(NC[C@H](O)c4ccc(O)c(NS(C)(=O)=O)c4)CC3)cc2)cc1. The Labute approximate surface area is 311 Å². The molecule has 15 nitrogen and oxygen atoms in total. The molecule has 3 aromatic carbocycles. The Morgan fingerprint density at radius 3 is 2.23 bits per heavy atom. The second-order valence-electron chi connectivity index (χ2n) is 13.0. The minimum absolute atomic E-state index is 0.00124. The molecule has 53 heavy (non-hydrogen) atoms. The summed E-state index contributed by atoms with van der Waals surface area (Å²) in [5.74, 6) is -1.92. The van der Waals surface area contributed by atoms with Gasteiger partial charge >= 0.3 is 11.9 Å². The average Bonchev–Trinajstić information content (AvgIpc) is 3.12. The van der Waals surface area contributed by atoms with E-state index in [0.717, 1.165) is 43.3 Å². The van der Waals surface area contributed by atoms with Gasteiger partial charge in [0.15, 0.2) is 0 Å². The number of aromatic hydroxyl groups is 1. The van der Waals surface area contributed by atoms with Crippen LogP contribution in [-0.2, 0) is 34.4 Å². The molecule has 6 N–H and O–H groups in total. The molecule has 4 rings (SSSR count). The van der Waals surface area contributed by atoms with E-state index in [2.05, 4.69) is 19.7 Å². The summed E-state index contributed by atoms with van der Waals surface area (Å²) in [7, 11) is -7.61. The molecule has 0 bridgehead atoms. The average molecular weight is 776 g/mol. The number of aliphatic hydroxyl groups excluding tert-OH is 1. The first-order chi connectivity index (χ1) is 25.0. The van der Waals surface area contributed by atoms with Crippen LogP contribution in [0.2, 0.25) is 0 Å². The van der Waals surface area contributed by atoms with Gasteiger partial charge in [-0.15, -0.1) is 0 Å². The van der Waals surface area contributed by atoms with Crippen LogP contribution in [0.15, 0.2) is 71.6 Å². The van der Waals surface area contributed by atoms with E-state index >= 15 is 0 Å². The Kier molecular flexibility index (Phi) is 14.5. The molecule has 290 valence electrons. The van der Waals surface area contributed by atoms with Crippen LogP contribution in [-0.4, -0.2) is 95.7 Å². The van der Waals surface area contributed by atoms with E-state index < -0.39 is 50.7 Å². The molecule has 1 unspecified atom stereocenters. The van der Waals surface area contributed by atoms with Crippen LogP contribution < -0.4 is 24.6 Å². The van der Waals surface area contributed by atoms with E-state index in [9.17, 15) is 41.7 Å². The van der Waals surface area contributed by atoms with Crippen molar-refractivity contribution in [2.24, 2.45) is 0 Å². The summed E-state index contributed by atoms with van der Waals surface area (Å²) in [6.45, 7) is 5.21. The van der Waals surface area contributed by atoms with Gasteiger partial charge in [0.2, 0.25) is 20.0 Å². The van der Waals surface area contributed by atoms with Crippen molar-refractivity contribution >= 4 is 49.0 Å². The number of aliphatic carboxylic acids is 1. The quantitative estimate of drug-likeness (QED) is 0.0763. The van der Waals surface area contributed by atoms with Gasteiger partial charge in [-0.2, -0.15) is 4.72 Å². The molecule has 1 aliphatic rings. The monoisotopic (exact) mass is 775 g/mol. The molecular weight excluding hydrogens is 727 g/mol. The van der Waals surface area contributed by atoms with Crippen LogP contribution >= 0.6 is 0 Å². The lowest BCUT2D eigenvalue weighted by molar-refractivity contribution is -0.147. The zero-order chi connectivity index (χ0) is 38.8. The van der Waals surface area contributed by atoms with Crippen molar-refractivity contribution < 1.29 is 46.5 Å². The van der Waals surface area contributed by atoms with Gasteiger partial charge in [-0.3, -0.25) is 14.3 Å². The highest BCUT2D eigenvalue weighted by atomic mass is 32.2. The number of phenolic OH excluding ortho intramolecular Hbond substituents is 1. The number of phenols is 1. The molecule has 0 amide bonds. The fraction of sp³-hybridized carbons (Fsp3) is 0.444. The molecule has 17 heteroatoms. The number of anilines is 3. The number of nitrogens with zero attached hydrogens (tertiary/aromatic N) is 2. The third-order valence-electron chi connectivity index (χ3n) is 8.86. The van der Waals surface area contributed by atoms with E-state index in [0.29, 0.717) is 30.8 Å². The highest BCUT2D eigenvalue weighted by Gasteiger charge is 2.23. The summed E-state index contributed by atoms with van der Waals surface area (Å²) in [5.41, 5.74) is 2.70. The summed E-state index contributed by atoms with van der Waals surface area (Å²) < 4.78 is 59.0. The first kappa shape index (κ1) is 41.3. The second kappa shape index (κ2) is 18.6. The van der Waals surface area contributed by atoms with E-state index in [1.54, 1.807) is 48.2 Å². The summed E-state index contributed by atoms with van der Waals surface area (Å²) in [6, 6.07) is 17.8. The van der Waals surface area contributed by atoms with E-state index in [4.69, 9.17) is 4.74 Å². The van der Waals surface area contributed by atoms with Gasteiger partial charge < -0.3 is 35.2 Å². The number of carboxylic acid groups (broad SMARTS) is 1. The number of aliphatic hydroxyl groups is 1. The molecule has 1 fully saturated rings. The van der Waals surface area contributed by atoms with Gasteiger partial charge in [0, 0.05) is 43.6 Å². The normalized spacial score (nSPS) is 15.1. The van der Waals surface area contributed by atoms with Crippen LogP contribution in [0.25, 0.3) is 0 Å². The molecular formula is C36H49N5O10S2. The lowest BCUT2D eigenvalue weighted by atomic mass is 10.0. The first-order valence-corrected chi connectivity index (χ1v) is 20.7. The number of rotatable bonds is 19. The van der Waals surface area contributed by atoms with Crippen LogP contribution in [0.5, 0.6) is 5.75 Å². The van der Waals surface area contributed by atoms with Crippen molar-refractivity contribution in [3.8, 4) is 5.75 Å². The second-order valence-corrected chi connectivity index (χ2v) is 16.6. The number of nitrogens with one attached hydrogen (secondary N) is 3. The molecule has 1 aliphatic heterocycles. The molecule has 1 saturated heterocycles. The minimum atomic E-state index is -4.00. The zero-order valence-electron chi connectivity index (χ0n) is 30.1.